The van der Waals surface area contributed by atoms with Crippen molar-refractivity contribution in [3.63, 3.8) is 0 Å². The molecule has 1 aromatic carbocycles. The molecule has 3 heteroatoms. The van der Waals surface area contributed by atoms with Crippen molar-refractivity contribution in [3.8, 4) is 0 Å². The first-order chi connectivity index (χ1) is 9.67. The Balaban J connectivity index is 2.45. The Morgan fingerprint density at radius 1 is 1.20 bits per heavy atom. The van der Waals surface area contributed by atoms with E-state index in [-0.39, 0.29) is 5.43 Å². The van der Waals surface area contributed by atoms with Crippen molar-refractivity contribution in [1.82, 2.24) is 9.88 Å². The minimum atomic E-state index is 0.106. The van der Waals surface area contributed by atoms with E-state index in [4.69, 9.17) is 0 Å². The number of pyridine rings is 1. The molecule has 0 spiro atoms. The van der Waals surface area contributed by atoms with E-state index in [9.17, 15) is 4.79 Å². The van der Waals surface area contributed by atoms with Crippen LogP contribution in [0.1, 0.15) is 11.3 Å². The molecule has 0 radical (unpaired) electrons. The molecule has 0 saturated carbocycles. The predicted molar refractivity (Wildman–Crippen MR) is 85.0 cm³/mol. The fraction of sp³-hybridized carbons (Fsp3) is 0.235. The maximum absolute atomic E-state index is 12.6. The first-order valence-corrected chi connectivity index (χ1v) is 6.72. The SMILES string of the molecule is C=CCN(CC=C)Cc1c(C)[nH]c2ccccc2c1=O. The van der Waals surface area contributed by atoms with E-state index in [0.717, 1.165) is 35.2 Å². The van der Waals surface area contributed by atoms with E-state index in [1.807, 2.05) is 43.3 Å². The number of hydrogen-bond acceptors (Lipinski definition) is 2. The maximum atomic E-state index is 12.6. The molecule has 3 nitrogen and oxygen atoms in total. The third-order valence-electron chi connectivity index (χ3n) is 3.38. The van der Waals surface area contributed by atoms with Crippen molar-refractivity contribution in [2.24, 2.45) is 0 Å². The van der Waals surface area contributed by atoms with E-state index in [0.29, 0.717) is 6.54 Å². The Morgan fingerprint density at radius 2 is 1.85 bits per heavy atom. The lowest BCUT2D eigenvalue weighted by Gasteiger charge is -2.19. The average Bonchev–Trinajstić information content (AvgIpc) is 2.44. The van der Waals surface area contributed by atoms with Crippen LogP contribution in [0.25, 0.3) is 10.9 Å². The van der Waals surface area contributed by atoms with Crippen molar-refractivity contribution in [3.05, 3.63) is 71.1 Å². The number of aryl methyl sites for hydroxylation is 1. The Kier molecular flexibility index (Phi) is 4.53. The van der Waals surface area contributed by atoms with Gasteiger partial charge in [0.1, 0.15) is 0 Å². The Labute approximate surface area is 119 Å². The first kappa shape index (κ1) is 14.3. The molecule has 1 N–H and O–H groups in total. The van der Waals surface area contributed by atoms with Gasteiger partial charge in [-0.3, -0.25) is 9.69 Å². The molecule has 0 aliphatic carbocycles. The van der Waals surface area contributed by atoms with Gasteiger partial charge in [-0.2, -0.15) is 0 Å². The normalized spacial score (nSPS) is 10.9. The van der Waals surface area contributed by atoms with Crippen LogP contribution in [0.4, 0.5) is 0 Å². The van der Waals surface area contributed by atoms with Crippen LogP contribution < -0.4 is 5.43 Å². The molecule has 1 heterocycles. The Bertz CT molecular complexity index is 675. The van der Waals surface area contributed by atoms with E-state index >= 15 is 0 Å². The highest BCUT2D eigenvalue weighted by Crippen LogP contribution is 2.12. The molecule has 20 heavy (non-hydrogen) atoms. The van der Waals surface area contributed by atoms with Gasteiger partial charge in [0, 0.05) is 41.8 Å². The number of fused-ring (bicyclic) bond motifs is 1. The predicted octanol–water partition coefficient (Wildman–Crippen LogP) is 3.01. The zero-order valence-corrected chi connectivity index (χ0v) is 11.9. The Hall–Kier alpha value is -2.13. The second-order valence-corrected chi connectivity index (χ2v) is 4.87. The quantitative estimate of drug-likeness (QED) is 0.818. The van der Waals surface area contributed by atoms with Gasteiger partial charge in [0.25, 0.3) is 0 Å². The minimum absolute atomic E-state index is 0.106. The number of rotatable bonds is 6. The summed E-state index contributed by atoms with van der Waals surface area (Å²) < 4.78 is 0. The standard InChI is InChI=1S/C17H20N2O/c1-4-10-19(11-5-2)12-15-13(3)18-16-9-7-6-8-14(16)17(15)20/h4-9H,1-2,10-12H2,3H3,(H,18,20). The van der Waals surface area contributed by atoms with E-state index in [1.54, 1.807) is 0 Å². The molecule has 0 bridgehead atoms. The fourth-order valence-corrected chi connectivity index (χ4v) is 2.38. The van der Waals surface area contributed by atoms with Crippen molar-refractivity contribution >= 4 is 10.9 Å². The number of nitrogens with one attached hydrogen (secondary N) is 1. The van der Waals surface area contributed by atoms with Crippen LogP contribution in [0.2, 0.25) is 0 Å². The van der Waals surface area contributed by atoms with Crippen LogP contribution in [0.3, 0.4) is 0 Å². The van der Waals surface area contributed by atoms with Crippen LogP contribution in [0.5, 0.6) is 0 Å². The lowest BCUT2D eigenvalue weighted by atomic mass is 10.1. The maximum Gasteiger partial charge on any atom is 0.194 e. The molecule has 2 aromatic rings. The largest absolute Gasteiger partial charge is 0.358 e. The molecule has 2 rings (SSSR count). The molecule has 104 valence electrons. The number of benzene rings is 1. The molecule has 0 saturated heterocycles. The smallest absolute Gasteiger partial charge is 0.194 e. The summed E-state index contributed by atoms with van der Waals surface area (Å²) in [4.78, 5) is 18.0. The van der Waals surface area contributed by atoms with Gasteiger partial charge < -0.3 is 4.98 Å². The van der Waals surface area contributed by atoms with Crippen LogP contribution in [0.15, 0.2) is 54.4 Å². The van der Waals surface area contributed by atoms with Crippen LogP contribution in [-0.2, 0) is 6.54 Å². The molecule has 0 atom stereocenters. The number of para-hydroxylation sites is 1. The zero-order valence-electron chi connectivity index (χ0n) is 11.9. The van der Waals surface area contributed by atoms with E-state index in [2.05, 4.69) is 23.0 Å². The fourth-order valence-electron chi connectivity index (χ4n) is 2.38. The number of hydrogen-bond donors (Lipinski definition) is 1. The van der Waals surface area contributed by atoms with Crippen molar-refractivity contribution in [2.75, 3.05) is 13.1 Å². The second-order valence-electron chi connectivity index (χ2n) is 4.87. The average molecular weight is 268 g/mol. The third-order valence-corrected chi connectivity index (χ3v) is 3.38. The number of aromatic amines is 1. The van der Waals surface area contributed by atoms with Gasteiger partial charge in [-0.15, -0.1) is 13.2 Å². The monoisotopic (exact) mass is 268 g/mol. The number of aromatic nitrogens is 1. The number of H-pyrrole nitrogens is 1. The summed E-state index contributed by atoms with van der Waals surface area (Å²) in [6.45, 7) is 11.5. The van der Waals surface area contributed by atoms with Gasteiger partial charge in [0.2, 0.25) is 0 Å². The minimum Gasteiger partial charge on any atom is -0.358 e. The van der Waals surface area contributed by atoms with Crippen LogP contribution in [0, 0.1) is 6.92 Å². The van der Waals surface area contributed by atoms with Gasteiger partial charge in [0.15, 0.2) is 5.43 Å². The summed E-state index contributed by atoms with van der Waals surface area (Å²) in [6, 6.07) is 7.61. The highest BCUT2D eigenvalue weighted by Gasteiger charge is 2.12. The molecule has 0 aliphatic rings. The molecular formula is C17H20N2O. The van der Waals surface area contributed by atoms with Gasteiger partial charge >= 0.3 is 0 Å². The lowest BCUT2D eigenvalue weighted by Crippen LogP contribution is -2.27. The van der Waals surface area contributed by atoms with Gasteiger partial charge in [-0.25, -0.2) is 0 Å². The van der Waals surface area contributed by atoms with Gasteiger partial charge in [-0.05, 0) is 19.1 Å². The van der Waals surface area contributed by atoms with Crippen molar-refractivity contribution < 1.29 is 0 Å². The molecule has 0 amide bonds. The second kappa shape index (κ2) is 6.35. The number of nitrogens with zero attached hydrogens (tertiary/aromatic N) is 1. The summed E-state index contributed by atoms with van der Waals surface area (Å²) in [5.74, 6) is 0. The van der Waals surface area contributed by atoms with Crippen LogP contribution in [-0.4, -0.2) is 23.0 Å². The van der Waals surface area contributed by atoms with Gasteiger partial charge in [0.05, 0.1) is 0 Å². The summed E-state index contributed by atoms with van der Waals surface area (Å²) in [7, 11) is 0. The molecule has 1 aromatic heterocycles. The molecular weight excluding hydrogens is 248 g/mol. The summed E-state index contributed by atoms with van der Waals surface area (Å²) in [6.07, 6.45) is 3.68. The first-order valence-electron chi connectivity index (χ1n) is 6.72. The molecule has 0 unspecified atom stereocenters. The highest BCUT2D eigenvalue weighted by atomic mass is 16.1. The summed E-state index contributed by atoms with van der Waals surface area (Å²) >= 11 is 0. The molecule has 0 aliphatic heterocycles. The van der Waals surface area contributed by atoms with Crippen molar-refractivity contribution in [2.45, 2.75) is 13.5 Å². The van der Waals surface area contributed by atoms with Crippen LogP contribution >= 0.6 is 0 Å². The Morgan fingerprint density at radius 3 is 2.50 bits per heavy atom. The van der Waals surface area contributed by atoms with Crippen molar-refractivity contribution in [1.29, 1.82) is 0 Å². The summed E-state index contributed by atoms with van der Waals surface area (Å²) in [5.41, 5.74) is 2.73. The highest BCUT2D eigenvalue weighted by molar-refractivity contribution is 5.79. The topological polar surface area (TPSA) is 36.1 Å². The third kappa shape index (κ3) is 2.89. The summed E-state index contributed by atoms with van der Waals surface area (Å²) in [5, 5.41) is 0.741. The van der Waals surface area contributed by atoms with E-state index < -0.39 is 0 Å². The zero-order chi connectivity index (χ0) is 14.5. The van der Waals surface area contributed by atoms with Gasteiger partial charge in [-0.1, -0.05) is 24.3 Å². The molecule has 0 fully saturated rings. The van der Waals surface area contributed by atoms with E-state index in [1.165, 1.54) is 0 Å². The lowest BCUT2D eigenvalue weighted by molar-refractivity contribution is 0.326.